The predicted octanol–water partition coefficient (Wildman–Crippen LogP) is 8.08. The fourth-order valence-electron chi connectivity index (χ4n) is 8.35. The fourth-order valence-corrected chi connectivity index (χ4v) is 8.35. The van der Waals surface area contributed by atoms with Crippen LogP contribution < -0.4 is 31.9 Å². The zero-order chi connectivity index (χ0) is 39.3. The Kier molecular flexibility index (Phi) is 8.91. The molecule has 6 N–H and O–H groups in total. The van der Waals surface area contributed by atoms with Crippen molar-refractivity contribution in [2.75, 3.05) is 18.5 Å². The fraction of sp³-hybridized carbons (Fsp3) is 0.234. The molecule has 0 bridgehead atoms. The second kappa shape index (κ2) is 14.4. The number of nitrogens with one attached hydrogen (secondary N) is 2. The van der Waals surface area contributed by atoms with Crippen molar-refractivity contribution in [1.29, 1.82) is 0 Å². The molecule has 4 aromatic carbocycles. The van der Waals surface area contributed by atoms with Crippen LogP contribution in [-0.4, -0.2) is 37.9 Å². The molecule has 2 fully saturated rings. The Balaban J connectivity index is 0.000000142. The maximum absolute atomic E-state index is 12.3. The van der Waals surface area contributed by atoms with Gasteiger partial charge in [-0.3, -0.25) is 0 Å². The molecule has 0 unspecified atom stereocenters. The summed E-state index contributed by atoms with van der Waals surface area (Å²) in [6.45, 7) is 1.63. The Morgan fingerprint density at radius 1 is 0.621 bits per heavy atom. The van der Waals surface area contributed by atoms with Crippen molar-refractivity contribution >= 4 is 5.69 Å². The molecule has 3 aromatic heterocycles. The number of nitrogens with two attached hydrogens (primary N) is 2. The van der Waals surface area contributed by atoms with Crippen LogP contribution in [0.25, 0.3) is 50.5 Å². The van der Waals surface area contributed by atoms with Crippen LogP contribution in [-0.2, 0) is 17.7 Å². The summed E-state index contributed by atoms with van der Waals surface area (Å²) in [7, 11) is 0. The van der Waals surface area contributed by atoms with E-state index in [-0.39, 0.29) is 23.4 Å². The number of fused-ring (bicyclic) bond motifs is 4. The lowest BCUT2D eigenvalue weighted by atomic mass is 9.72. The summed E-state index contributed by atoms with van der Waals surface area (Å²) in [5, 5.41) is 9.93. The van der Waals surface area contributed by atoms with Crippen LogP contribution in [0.15, 0.2) is 126 Å². The van der Waals surface area contributed by atoms with Crippen LogP contribution in [0.2, 0.25) is 0 Å². The molecule has 7 aromatic rings. The Labute approximate surface area is 336 Å². The van der Waals surface area contributed by atoms with Crippen molar-refractivity contribution in [3.05, 3.63) is 149 Å². The summed E-state index contributed by atoms with van der Waals surface area (Å²) in [6, 6.07) is 41.4. The van der Waals surface area contributed by atoms with Gasteiger partial charge in [0.1, 0.15) is 12.3 Å². The lowest BCUT2D eigenvalue weighted by Crippen LogP contribution is -2.43. The zero-order valence-electron chi connectivity index (χ0n) is 32.1. The first-order valence-electron chi connectivity index (χ1n) is 20.0. The summed E-state index contributed by atoms with van der Waals surface area (Å²) in [5.74, 6) is 1.63. The molecule has 0 spiro atoms. The SMILES string of the molecule is NC1(c2ccc(-c3nc4c(cc3-c3ccccc3)-n3c(n[nH]c3=O)CO4)cc2)CCC1.NC1(c2ccc(-c3nc4c(cc3-c3ccccc3)NCCO4)cc2)CCC1. The quantitative estimate of drug-likeness (QED) is 0.131. The average molecular weight is 769 g/mol. The number of aromatic nitrogens is 5. The normalized spacial score (nSPS) is 16.6. The third kappa shape index (κ3) is 6.42. The van der Waals surface area contributed by atoms with Gasteiger partial charge in [0.2, 0.25) is 11.8 Å². The molecule has 11 nitrogen and oxygen atoms in total. The minimum atomic E-state index is -0.300. The summed E-state index contributed by atoms with van der Waals surface area (Å²) >= 11 is 0. The van der Waals surface area contributed by atoms with Gasteiger partial charge in [-0.1, -0.05) is 109 Å². The van der Waals surface area contributed by atoms with Crippen molar-refractivity contribution < 1.29 is 9.47 Å². The van der Waals surface area contributed by atoms with Crippen LogP contribution in [0.5, 0.6) is 11.8 Å². The summed E-state index contributed by atoms with van der Waals surface area (Å²) in [6.07, 6.45) is 6.57. The smallest absolute Gasteiger partial charge is 0.348 e. The van der Waals surface area contributed by atoms with Crippen molar-refractivity contribution in [3.63, 3.8) is 0 Å². The molecule has 11 heteroatoms. The minimum absolute atomic E-state index is 0.142. The van der Waals surface area contributed by atoms with E-state index in [0.717, 1.165) is 88.2 Å². The van der Waals surface area contributed by atoms with Crippen LogP contribution in [0.3, 0.4) is 0 Å². The van der Waals surface area contributed by atoms with Crippen molar-refractivity contribution in [2.24, 2.45) is 11.5 Å². The number of H-pyrrole nitrogens is 1. The van der Waals surface area contributed by atoms with Gasteiger partial charge in [-0.2, -0.15) is 5.10 Å². The van der Waals surface area contributed by atoms with E-state index >= 15 is 0 Å². The van der Waals surface area contributed by atoms with E-state index in [4.69, 9.17) is 30.9 Å². The number of hydrogen-bond acceptors (Lipinski definition) is 9. The Morgan fingerprint density at radius 2 is 1.16 bits per heavy atom. The number of hydrogen-bond donors (Lipinski definition) is 4. The second-order valence-corrected chi connectivity index (χ2v) is 15.7. The third-order valence-electron chi connectivity index (χ3n) is 12.1. The molecular weight excluding hydrogens is 725 g/mol. The largest absolute Gasteiger partial charge is 0.474 e. The highest BCUT2D eigenvalue weighted by atomic mass is 16.5. The number of ether oxygens (including phenoxy) is 2. The van der Waals surface area contributed by atoms with Crippen LogP contribution >= 0.6 is 0 Å². The Morgan fingerprint density at radius 3 is 1.69 bits per heavy atom. The topological polar surface area (TPSA) is 159 Å². The highest BCUT2D eigenvalue weighted by Crippen LogP contribution is 2.43. The maximum Gasteiger partial charge on any atom is 0.348 e. The van der Waals surface area contributed by atoms with Gasteiger partial charge in [-0.15, -0.1) is 0 Å². The number of anilines is 1. The van der Waals surface area contributed by atoms with Crippen molar-refractivity contribution in [1.82, 2.24) is 24.7 Å². The molecule has 0 radical (unpaired) electrons. The molecule has 290 valence electrons. The van der Waals surface area contributed by atoms with Gasteiger partial charge >= 0.3 is 5.69 Å². The highest BCUT2D eigenvalue weighted by Gasteiger charge is 2.35. The lowest BCUT2D eigenvalue weighted by Gasteiger charge is -2.38. The number of rotatable bonds is 6. The van der Waals surface area contributed by atoms with Crippen LogP contribution in [0.4, 0.5) is 5.69 Å². The molecule has 0 amide bonds. The van der Waals surface area contributed by atoms with Crippen molar-refractivity contribution in [3.8, 4) is 62.2 Å². The Hall–Kier alpha value is -6.56. The second-order valence-electron chi connectivity index (χ2n) is 15.7. The standard InChI is InChI=1S/C24H21N5O2.C23H23N3O/c25-24(11-4-12-24)17-9-7-16(8-10-17)21-18(15-5-2-1-3-6-15)13-19-22(26-21)31-14-20-27-28-23(30)29(19)20;24-23(11-4-12-23)18-9-7-17(8-10-18)21-19(16-5-2-1-3-6-16)15-20-22(26-21)27-14-13-25-20/h1-3,5-10,13H,4,11-12,14,25H2,(H,28,30);1-3,5-10,15,25H,4,11-14,24H2. The number of aromatic amines is 1. The zero-order valence-corrected chi connectivity index (χ0v) is 32.1. The first-order valence-corrected chi connectivity index (χ1v) is 20.0. The Bertz CT molecular complexity index is 2670. The molecule has 0 saturated heterocycles. The molecule has 2 aliphatic heterocycles. The molecule has 4 aliphatic rings. The third-order valence-corrected chi connectivity index (χ3v) is 12.1. The van der Waals surface area contributed by atoms with Crippen LogP contribution in [0.1, 0.15) is 55.5 Å². The molecular formula is C47H44N8O3. The van der Waals surface area contributed by atoms with E-state index in [1.165, 1.54) is 23.0 Å². The van der Waals surface area contributed by atoms with Gasteiger partial charge in [0.15, 0.2) is 12.4 Å². The van der Waals surface area contributed by atoms with E-state index in [0.29, 0.717) is 29.9 Å². The van der Waals surface area contributed by atoms with Gasteiger partial charge in [0.05, 0.1) is 17.1 Å². The molecule has 2 saturated carbocycles. The van der Waals surface area contributed by atoms with E-state index in [1.54, 1.807) is 0 Å². The predicted molar refractivity (Wildman–Crippen MR) is 226 cm³/mol. The molecule has 2 aliphatic carbocycles. The van der Waals surface area contributed by atoms with Crippen LogP contribution in [0, 0.1) is 0 Å². The maximum atomic E-state index is 12.3. The van der Waals surface area contributed by atoms with Gasteiger partial charge in [-0.05, 0) is 72.9 Å². The number of benzene rings is 4. The first-order chi connectivity index (χ1) is 28.4. The van der Waals surface area contributed by atoms with Gasteiger partial charge < -0.3 is 26.3 Å². The molecule has 58 heavy (non-hydrogen) atoms. The molecule has 0 atom stereocenters. The summed E-state index contributed by atoms with van der Waals surface area (Å²) in [4.78, 5) is 22.1. The number of nitrogens with zero attached hydrogens (tertiary/aromatic N) is 4. The minimum Gasteiger partial charge on any atom is -0.474 e. The van der Waals surface area contributed by atoms with E-state index < -0.39 is 0 Å². The summed E-state index contributed by atoms with van der Waals surface area (Å²) in [5.41, 5.74) is 24.2. The molecule has 11 rings (SSSR count). The van der Waals surface area contributed by atoms with Crippen molar-refractivity contribution in [2.45, 2.75) is 56.2 Å². The lowest BCUT2D eigenvalue weighted by molar-refractivity contribution is 0.253. The van der Waals surface area contributed by atoms with Gasteiger partial charge in [0.25, 0.3) is 0 Å². The monoisotopic (exact) mass is 768 g/mol. The van der Waals surface area contributed by atoms with E-state index in [2.05, 4.69) is 94.4 Å². The van der Waals surface area contributed by atoms with Gasteiger partial charge in [0, 0.05) is 39.9 Å². The van der Waals surface area contributed by atoms with Gasteiger partial charge in [-0.25, -0.2) is 24.4 Å². The summed E-state index contributed by atoms with van der Waals surface area (Å²) < 4.78 is 13.2. The van der Waals surface area contributed by atoms with E-state index in [9.17, 15) is 4.79 Å². The molecule has 5 heterocycles. The first kappa shape index (κ1) is 35.8. The highest BCUT2D eigenvalue weighted by molar-refractivity contribution is 5.85. The number of pyridine rings is 2. The average Bonchev–Trinajstić information content (AvgIpc) is 3.65. The van der Waals surface area contributed by atoms with E-state index in [1.807, 2.05) is 42.5 Å².